The van der Waals surface area contributed by atoms with Crippen LogP contribution in [0.1, 0.15) is 42.5 Å². The first-order valence-corrected chi connectivity index (χ1v) is 14.5. The molecule has 31 heavy (non-hydrogen) atoms. The topological polar surface area (TPSA) is 92.8 Å². The maximum Gasteiger partial charge on any atom is 0.191 e. The Hall–Kier alpha value is -2.23. The molecular weight excluding hydrogens is 426 g/mol. The van der Waals surface area contributed by atoms with Gasteiger partial charge in [0.15, 0.2) is 19.8 Å². The molecular formula is C22H31N5O2SSi. The highest BCUT2D eigenvalue weighted by molar-refractivity contribution is 7.98. The number of fused-ring (bicyclic) bond motifs is 1. The molecule has 0 bridgehead atoms. The number of rotatable bonds is 9. The quantitative estimate of drug-likeness (QED) is 0.201. The fourth-order valence-electron chi connectivity index (χ4n) is 2.84. The second-order valence-electron chi connectivity index (χ2n) is 9.03. The van der Waals surface area contributed by atoms with Crippen molar-refractivity contribution >= 4 is 43.2 Å². The lowest BCUT2D eigenvalue weighted by atomic mass is 10.2. The molecule has 0 aliphatic carbocycles. The predicted molar refractivity (Wildman–Crippen MR) is 129 cm³/mol. The highest BCUT2D eigenvalue weighted by atomic mass is 32.2. The van der Waals surface area contributed by atoms with Crippen LogP contribution in [-0.2, 0) is 17.4 Å². The first-order chi connectivity index (χ1) is 14.6. The molecule has 0 amide bonds. The number of aromatic nitrogens is 4. The number of benzene rings is 1. The summed E-state index contributed by atoms with van der Waals surface area (Å²) < 4.78 is 6.27. The lowest BCUT2D eigenvalue weighted by Gasteiger charge is -2.36. The molecule has 2 N–H and O–H groups in total. The number of carbonyl (C=O) groups is 1. The highest BCUT2D eigenvalue weighted by Gasteiger charge is 2.36. The molecule has 3 aromatic rings. The van der Waals surface area contributed by atoms with Crippen LogP contribution in [0.3, 0.4) is 0 Å². The fraction of sp³-hybridized carbons (Fsp3) is 0.455. The fourth-order valence-corrected chi connectivity index (χ4v) is 4.23. The van der Waals surface area contributed by atoms with Crippen molar-refractivity contribution in [2.75, 3.05) is 18.2 Å². The number of nitrogens with zero attached hydrogens (tertiary/aromatic N) is 3. The molecule has 1 aromatic carbocycles. The summed E-state index contributed by atoms with van der Waals surface area (Å²) in [5.41, 5.74) is 3.45. The largest absolute Gasteiger partial charge is 0.416 e. The van der Waals surface area contributed by atoms with Gasteiger partial charge in [-0.05, 0) is 42.1 Å². The van der Waals surface area contributed by atoms with Crippen LogP contribution in [0.15, 0.2) is 29.6 Å². The minimum Gasteiger partial charge on any atom is -0.416 e. The van der Waals surface area contributed by atoms with Gasteiger partial charge in [-0.15, -0.1) is 0 Å². The maximum atomic E-state index is 11.3. The number of hydrogen-bond donors (Lipinski definition) is 2. The van der Waals surface area contributed by atoms with Crippen molar-refractivity contribution in [2.24, 2.45) is 0 Å². The Kier molecular flexibility index (Phi) is 7.18. The zero-order valence-corrected chi connectivity index (χ0v) is 20.9. The van der Waals surface area contributed by atoms with E-state index < -0.39 is 8.32 Å². The number of aldehydes is 1. The summed E-state index contributed by atoms with van der Waals surface area (Å²) in [6.45, 7) is 12.5. The zero-order valence-electron chi connectivity index (χ0n) is 19.1. The van der Waals surface area contributed by atoms with Gasteiger partial charge in [0.2, 0.25) is 0 Å². The summed E-state index contributed by atoms with van der Waals surface area (Å²) in [6, 6.07) is 6.11. The Balaban J connectivity index is 1.65. The number of thioether (sulfide) groups is 1. The molecule has 0 aliphatic heterocycles. The minimum atomic E-state index is -1.75. The van der Waals surface area contributed by atoms with Crippen molar-refractivity contribution in [1.82, 2.24) is 19.9 Å². The third-order valence-electron chi connectivity index (χ3n) is 5.77. The third kappa shape index (κ3) is 5.72. The molecule has 2 heterocycles. The van der Waals surface area contributed by atoms with E-state index in [-0.39, 0.29) is 5.04 Å². The van der Waals surface area contributed by atoms with Crippen molar-refractivity contribution in [3.8, 4) is 0 Å². The van der Waals surface area contributed by atoms with E-state index in [0.29, 0.717) is 29.7 Å². The van der Waals surface area contributed by atoms with Crippen molar-refractivity contribution in [3.63, 3.8) is 0 Å². The van der Waals surface area contributed by atoms with Gasteiger partial charge in [-0.25, -0.2) is 15.0 Å². The van der Waals surface area contributed by atoms with Crippen LogP contribution in [-0.4, -0.2) is 47.4 Å². The number of H-pyrrole nitrogens is 1. The molecule has 166 valence electrons. The summed E-state index contributed by atoms with van der Waals surface area (Å²) in [6.07, 6.45) is 4.98. The SMILES string of the molecule is CSc1ncc(C=O)c(NCc2ccc3nc(CCO[Si](C)(C)C(C)(C)C)[nH]c3c2)n1. The standard InChI is InChI=1S/C22H31N5O2SSi/c1-22(2,3)31(5,6)29-10-9-19-25-17-8-7-15(11-18(17)26-19)12-23-20-16(14-28)13-24-21(27-20)30-4/h7-8,11,13-14H,9-10,12H2,1-6H3,(H,25,26)(H,23,24,27). The molecule has 0 unspecified atom stereocenters. The number of nitrogens with one attached hydrogen (secondary N) is 2. The summed E-state index contributed by atoms with van der Waals surface area (Å²) in [5.74, 6) is 1.48. The molecule has 0 aliphatic rings. The second-order valence-corrected chi connectivity index (χ2v) is 14.6. The molecule has 0 fully saturated rings. The van der Waals surface area contributed by atoms with Crippen LogP contribution < -0.4 is 5.32 Å². The number of hydrogen-bond acceptors (Lipinski definition) is 7. The summed E-state index contributed by atoms with van der Waals surface area (Å²) >= 11 is 1.44. The number of anilines is 1. The molecule has 7 nitrogen and oxygen atoms in total. The Morgan fingerprint density at radius 2 is 2.03 bits per heavy atom. The smallest absolute Gasteiger partial charge is 0.191 e. The Morgan fingerprint density at radius 3 is 2.71 bits per heavy atom. The molecule has 9 heteroatoms. The van der Waals surface area contributed by atoms with Crippen LogP contribution in [0, 0.1) is 0 Å². The van der Waals surface area contributed by atoms with Crippen molar-refractivity contribution in [1.29, 1.82) is 0 Å². The van der Waals surface area contributed by atoms with Crippen LogP contribution in [0.5, 0.6) is 0 Å². The van der Waals surface area contributed by atoms with Crippen LogP contribution in [0.4, 0.5) is 5.82 Å². The Labute approximate surface area is 189 Å². The van der Waals surface area contributed by atoms with Gasteiger partial charge in [0.25, 0.3) is 0 Å². The van der Waals surface area contributed by atoms with E-state index in [0.717, 1.165) is 35.1 Å². The number of carbonyl (C=O) groups excluding carboxylic acids is 1. The second kappa shape index (κ2) is 9.50. The Bertz CT molecular complexity index is 1060. The lowest BCUT2D eigenvalue weighted by Crippen LogP contribution is -2.41. The van der Waals surface area contributed by atoms with Crippen molar-refractivity contribution in [2.45, 2.75) is 57.0 Å². The predicted octanol–water partition coefficient (Wildman–Crippen LogP) is 5.06. The van der Waals surface area contributed by atoms with Gasteiger partial charge in [0, 0.05) is 25.8 Å². The Morgan fingerprint density at radius 1 is 1.26 bits per heavy atom. The number of aromatic amines is 1. The van der Waals surface area contributed by atoms with E-state index in [9.17, 15) is 4.79 Å². The van der Waals surface area contributed by atoms with Crippen molar-refractivity contribution in [3.05, 3.63) is 41.3 Å². The van der Waals surface area contributed by atoms with Gasteiger partial charge in [0.05, 0.1) is 16.6 Å². The van der Waals surface area contributed by atoms with E-state index in [1.54, 1.807) is 6.20 Å². The van der Waals surface area contributed by atoms with Crippen LogP contribution in [0.25, 0.3) is 11.0 Å². The maximum absolute atomic E-state index is 11.3. The van der Waals surface area contributed by atoms with Gasteiger partial charge < -0.3 is 14.7 Å². The van der Waals surface area contributed by atoms with Crippen molar-refractivity contribution < 1.29 is 9.22 Å². The number of imidazole rings is 1. The summed E-state index contributed by atoms with van der Waals surface area (Å²) in [5, 5.41) is 4.07. The third-order valence-corrected chi connectivity index (χ3v) is 10.9. The lowest BCUT2D eigenvalue weighted by molar-refractivity contribution is 0.112. The molecule has 0 saturated carbocycles. The van der Waals surface area contributed by atoms with Gasteiger partial charge in [-0.2, -0.15) is 0 Å². The van der Waals surface area contributed by atoms with Gasteiger partial charge in [-0.3, -0.25) is 4.79 Å². The van der Waals surface area contributed by atoms with E-state index in [4.69, 9.17) is 9.41 Å². The summed E-state index contributed by atoms with van der Waals surface area (Å²) in [7, 11) is -1.75. The minimum absolute atomic E-state index is 0.201. The molecule has 0 atom stereocenters. The molecule has 0 spiro atoms. The van der Waals surface area contributed by atoms with Crippen LogP contribution in [0.2, 0.25) is 18.1 Å². The van der Waals surface area contributed by atoms with E-state index >= 15 is 0 Å². The first kappa shape index (κ1) is 23.4. The van der Waals surface area contributed by atoms with Gasteiger partial charge >= 0.3 is 0 Å². The summed E-state index contributed by atoms with van der Waals surface area (Å²) in [4.78, 5) is 27.9. The zero-order chi connectivity index (χ0) is 22.6. The van der Waals surface area contributed by atoms with Gasteiger partial charge in [0.1, 0.15) is 11.6 Å². The van der Waals surface area contributed by atoms with Crippen LogP contribution >= 0.6 is 11.8 Å². The normalized spacial score (nSPS) is 12.3. The van der Waals surface area contributed by atoms with E-state index in [1.165, 1.54) is 11.8 Å². The highest BCUT2D eigenvalue weighted by Crippen LogP contribution is 2.36. The van der Waals surface area contributed by atoms with Gasteiger partial charge in [-0.1, -0.05) is 38.6 Å². The van der Waals surface area contributed by atoms with E-state index in [1.807, 2.05) is 18.4 Å². The first-order valence-electron chi connectivity index (χ1n) is 10.3. The average molecular weight is 458 g/mol. The molecule has 0 saturated heterocycles. The average Bonchev–Trinajstić information content (AvgIpc) is 3.12. The monoisotopic (exact) mass is 457 g/mol. The molecule has 2 aromatic heterocycles. The molecule has 0 radical (unpaired) electrons. The molecule has 3 rings (SSSR count). The van der Waals surface area contributed by atoms with E-state index in [2.05, 4.69) is 60.2 Å².